The second kappa shape index (κ2) is 13.9. The van der Waals surface area contributed by atoms with Crippen molar-refractivity contribution in [3.05, 3.63) is 161 Å². The first-order chi connectivity index (χ1) is 29.2. The van der Waals surface area contributed by atoms with Crippen LogP contribution in [0.5, 0.6) is 0 Å². The first kappa shape index (κ1) is 40.1. The number of nitriles is 1. The molecule has 6 aromatic carbocycles. The van der Waals surface area contributed by atoms with Crippen molar-refractivity contribution in [1.82, 2.24) is 14.1 Å². The number of hydrogen-bond acceptors (Lipinski definition) is 2. The third-order valence-corrected chi connectivity index (χ3v) is 10.6. The van der Waals surface area contributed by atoms with Crippen LogP contribution in [0.25, 0.3) is 77.5 Å². The van der Waals surface area contributed by atoms with Gasteiger partial charge in [0.15, 0.2) is 0 Å². The molecule has 0 aliphatic carbocycles. The summed E-state index contributed by atoms with van der Waals surface area (Å²) in [6, 6.07) is 28.3. The SMILES string of the molecule is N#Cc1cc(-n2c3ccc(C(F)(F)F)cc3c3cc(C(F)(F)F)ccc32)c(-c2cccc(-c3ccccc3)n2)c(-n2c3ccc(C(F)(F)F)cc3c3cc(C(F)(F)F)ccc32)c1. The van der Waals surface area contributed by atoms with Gasteiger partial charge in [-0.25, -0.2) is 4.98 Å². The molecule has 0 aliphatic rings. The van der Waals surface area contributed by atoms with Gasteiger partial charge in [-0.3, -0.25) is 0 Å². The molecule has 0 aliphatic heterocycles. The molecule has 0 fully saturated rings. The minimum absolute atomic E-state index is 0.00916. The summed E-state index contributed by atoms with van der Waals surface area (Å²) in [5.41, 5.74) is -3.71. The Morgan fingerprint density at radius 2 is 0.758 bits per heavy atom. The Morgan fingerprint density at radius 1 is 0.403 bits per heavy atom. The van der Waals surface area contributed by atoms with Gasteiger partial charge in [0.25, 0.3) is 0 Å². The number of alkyl halides is 12. The molecule has 0 saturated carbocycles. The zero-order chi connectivity index (χ0) is 44.1. The molecule has 0 spiro atoms. The van der Waals surface area contributed by atoms with E-state index in [-0.39, 0.29) is 71.8 Å². The van der Waals surface area contributed by atoms with E-state index < -0.39 is 47.0 Å². The summed E-state index contributed by atoms with van der Waals surface area (Å²) in [7, 11) is 0. The molecule has 9 aromatic rings. The Hall–Kier alpha value is -7.28. The van der Waals surface area contributed by atoms with Crippen LogP contribution >= 0.6 is 0 Å². The van der Waals surface area contributed by atoms with E-state index in [0.717, 1.165) is 48.5 Å². The summed E-state index contributed by atoms with van der Waals surface area (Å²) >= 11 is 0. The third-order valence-electron chi connectivity index (χ3n) is 10.6. The molecule has 3 aromatic heterocycles. The Bertz CT molecular complexity index is 2990. The van der Waals surface area contributed by atoms with E-state index in [2.05, 4.69) is 0 Å². The summed E-state index contributed by atoms with van der Waals surface area (Å²) in [5.74, 6) is 0. The second-order valence-corrected chi connectivity index (χ2v) is 14.4. The zero-order valence-corrected chi connectivity index (χ0v) is 31.0. The standard InChI is InChI=1S/C46H22F12N4/c47-43(48,49)26-9-13-36-30(19-26)31-20-27(44(50,51)52)10-14-37(31)61(36)40-17-24(23-59)18-41(42(40)35-8-4-7-34(60-35)25-5-2-1-3-6-25)62-38-15-11-28(45(53,54)55)21-32(38)33-22-29(46(56,57)58)12-16-39(33)62/h1-22H. The van der Waals surface area contributed by atoms with Gasteiger partial charge in [0, 0.05) is 32.7 Å². The average Bonchev–Trinajstić information content (AvgIpc) is 3.73. The van der Waals surface area contributed by atoms with E-state index >= 15 is 0 Å². The number of benzene rings is 6. The molecular weight excluding hydrogens is 837 g/mol. The van der Waals surface area contributed by atoms with Gasteiger partial charge >= 0.3 is 24.7 Å². The third kappa shape index (κ3) is 6.73. The highest BCUT2D eigenvalue weighted by molar-refractivity contribution is 6.12. The number of aromatic nitrogens is 3. The highest BCUT2D eigenvalue weighted by Crippen LogP contribution is 2.46. The van der Waals surface area contributed by atoms with Crippen LogP contribution in [0.4, 0.5) is 52.7 Å². The van der Waals surface area contributed by atoms with E-state index in [9.17, 15) is 57.9 Å². The minimum atomic E-state index is -4.90. The Labute approximate surface area is 341 Å². The largest absolute Gasteiger partial charge is 0.416 e. The maximum Gasteiger partial charge on any atom is 0.416 e. The van der Waals surface area contributed by atoms with E-state index in [1.807, 2.05) is 6.07 Å². The molecule has 16 heteroatoms. The van der Waals surface area contributed by atoms with Crippen molar-refractivity contribution in [2.75, 3.05) is 0 Å². The highest BCUT2D eigenvalue weighted by atomic mass is 19.4. The normalized spacial score (nSPS) is 12.8. The van der Waals surface area contributed by atoms with Crippen molar-refractivity contribution < 1.29 is 52.7 Å². The van der Waals surface area contributed by atoms with Gasteiger partial charge < -0.3 is 9.13 Å². The fourth-order valence-corrected chi connectivity index (χ4v) is 7.91. The van der Waals surface area contributed by atoms with Crippen LogP contribution < -0.4 is 0 Å². The van der Waals surface area contributed by atoms with Gasteiger partial charge in [-0.1, -0.05) is 36.4 Å². The van der Waals surface area contributed by atoms with Crippen LogP contribution in [-0.4, -0.2) is 14.1 Å². The predicted octanol–water partition coefficient (Wildman–Crippen LogP) is 14.6. The van der Waals surface area contributed by atoms with Gasteiger partial charge in [-0.2, -0.15) is 57.9 Å². The molecule has 3 heterocycles. The summed E-state index contributed by atoms with van der Waals surface area (Å²) in [4.78, 5) is 4.91. The van der Waals surface area contributed by atoms with Crippen molar-refractivity contribution in [1.29, 1.82) is 5.26 Å². The molecule has 9 rings (SSSR count). The van der Waals surface area contributed by atoms with E-state index in [4.69, 9.17) is 4.98 Å². The molecule has 0 atom stereocenters. The molecule has 4 nitrogen and oxygen atoms in total. The van der Waals surface area contributed by atoms with Crippen molar-refractivity contribution in [2.24, 2.45) is 0 Å². The lowest BCUT2D eigenvalue weighted by molar-refractivity contribution is -0.138. The summed E-state index contributed by atoms with van der Waals surface area (Å²) in [6.07, 6.45) is -19.6. The monoisotopic (exact) mass is 858 g/mol. The summed E-state index contributed by atoms with van der Waals surface area (Å²) in [5, 5.41) is 9.56. The minimum Gasteiger partial charge on any atom is -0.308 e. The van der Waals surface area contributed by atoms with Crippen LogP contribution in [0.3, 0.4) is 0 Å². The molecule has 310 valence electrons. The average molecular weight is 859 g/mol. The smallest absolute Gasteiger partial charge is 0.308 e. The number of rotatable bonds is 4. The van der Waals surface area contributed by atoms with E-state index in [1.165, 1.54) is 27.3 Å². The van der Waals surface area contributed by atoms with Gasteiger partial charge in [-0.15, -0.1) is 0 Å². The zero-order valence-electron chi connectivity index (χ0n) is 31.0. The summed E-state index contributed by atoms with van der Waals surface area (Å²) in [6.45, 7) is 0. The molecule has 0 amide bonds. The van der Waals surface area contributed by atoms with Gasteiger partial charge in [0.1, 0.15) is 0 Å². The Morgan fingerprint density at radius 3 is 1.10 bits per heavy atom. The molecule has 0 saturated heterocycles. The highest BCUT2D eigenvalue weighted by Gasteiger charge is 2.36. The van der Waals surface area contributed by atoms with Crippen molar-refractivity contribution >= 4 is 43.6 Å². The summed E-state index contributed by atoms with van der Waals surface area (Å²) < 4.78 is 173. The first-order valence-corrected chi connectivity index (χ1v) is 18.3. The number of halogens is 12. The second-order valence-electron chi connectivity index (χ2n) is 14.4. The number of hydrogen-bond donors (Lipinski definition) is 0. The molecule has 0 unspecified atom stereocenters. The molecule has 62 heavy (non-hydrogen) atoms. The Balaban J connectivity index is 1.48. The number of nitrogens with zero attached hydrogens (tertiary/aromatic N) is 4. The number of pyridine rings is 1. The lowest BCUT2D eigenvalue weighted by Crippen LogP contribution is -2.07. The van der Waals surface area contributed by atoms with Gasteiger partial charge in [0.2, 0.25) is 0 Å². The van der Waals surface area contributed by atoms with Crippen molar-refractivity contribution in [2.45, 2.75) is 24.7 Å². The maximum atomic E-state index is 14.2. The molecule has 0 bridgehead atoms. The fraction of sp³-hybridized carbons (Fsp3) is 0.0870. The molecular formula is C46H22F12N4. The maximum absolute atomic E-state index is 14.2. The van der Waals surface area contributed by atoms with Crippen LogP contribution in [0.2, 0.25) is 0 Å². The topological polar surface area (TPSA) is 46.5 Å². The van der Waals surface area contributed by atoms with Crippen LogP contribution in [0, 0.1) is 11.3 Å². The number of fused-ring (bicyclic) bond motifs is 6. The van der Waals surface area contributed by atoms with Crippen molar-refractivity contribution in [3.8, 4) is 40.0 Å². The molecule has 0 radical (unpaired) electrons. The van der Waals surface area contributed by atoms with Gasteiger partial charge in [-0.05, 0) is 97.1 Å². The van der Waals surface area contributed by atoms with E-state index in [0.29, 0.717) is 35.5 Å². The van der Waals surface area contributed by atoms with E-state index in [1.54, 1.807) is 42.5 Å². The van der Waals surface area contributed by atoms with Crippen LogP contribution in [0.1, 0.15) is 27.8 Å². The van der Waals surface area contributed by atoms with Crippen LogP contribution in [-0.2, 0) is 24.7 Å². The lowest BCUT2D eigenvalue weighted by Gasteiger charge is -2.21. The predicted molar refractivity (Wildman–Crippen MR) is 209 cm³/mol. The Kier molecular flexibility index (Phi) is 8.99. The molecule has 0 N–H and O–H groups in total. The quantitative estimate of drug-likeness (QED) is 0.166. The first-order valence-electron chi connectivity index (χ1n) is 18.3. The lowest BCUT2D eigenvalue weighted by atomic mass is 10.0. The van der Waals surface area contributed by atoms with Crippen molar-refractivity contribution in [3.63, 3.8) is 0 Å². The van der Waals surface area contributed by atoms with Crippen LogP contribution in [0.15, 0.2) is 133 Å². The van der Waals surface area contributed by atoms with Gasteiger partial charge in [0.05, 0.1) is 78.7 Å². The fourth-order valence-electron chi connectivity index (χ4n) is 7.91.